The van der Waals surface area contributed by atoms with Gasteiger partial charge in [0.1, 0.15) is 5.01 Å². The predicted octanol–water partition coefficient (Wildman–Crippen LogP) is 4.74. The average molecular weight is 358 g/mol. The highest BCUT2D eigenvalue weighted by molar-refractivity contribution is 7.13. The summed E-state index contributed by atoms with van der Waals surface area (Å²) in [5.41, 5.74) is 3.71. The Morgan fingerprint density at radius 3 is 2.79 bits per heavy atom. The lowest BCUT2D eigenvalue weighted by Gasteiger charge is -2.08. The van der Waals surface area contributed by atoms with Crippen LogP contribution in [-0.2, 0) is 11.2 Å². The number of nitrogens with one attached hydrogen (secondary N) is 1. The van der Waals surface area contributed by atoms with E-state index in [4.69, 9.17) is 11.6 Å². The number of carbonyl (C=O) groups excluding carboxylic acids is 1. The van der Waals surface area contributed by atoms with Gasteiger partial charge in [0.2, 0.25) is 5.91 Å². The van der Waals surface area contributed by atoms with Crippen LogP contribution in [0.3, 0.4) is 0 Å². The first-order valence-corrected chi connectivity index (χ1v) is 8.78. The van der Waals surface area contributed by atoms with Gasteiger partial charge in [-0.3, -0.25) is 9.78 Å². The monoisotopic (exact) mass is 357 g/mol. The molecule has 3 rings (SSSR count). The van der Waals surface area contributed by atoms with Crippen LogP contribution in [0.2, 0.25) is 5.02 Å². The van der Waals surface area contributed by atoms with E-state index in [1.54, 1.807) is 29.8 Å². The summed E-state index contributed by atoms with van der Waals surface area (Å²) in [5, 5.41) is 6.52. The molecule has 0 aliphatic rings. The largest absolute Gasteiger partial charge is 0.326 e. The average Bonchev–Trinajstić information content (AvgIpc) is 3.05. The topological polar surface area (TPSA) is 54.9 Å². The molecule has 0 atom stereocenters. The van der Waals surface area contributed by atoms with Crippen LogP contribution in [0, 0.1) is 6.92 Å². The minimum Gasteiger partial charge on any atom is -0.326 e. The van der Waals surface area contributed by atoms with Crippen LogP contribution in [0.15, 0.2) is 48.1 Å². The second-order valence-electron chi connectivity index (χ2n) is 5.39. The summed E-state index contributed by atoms with van der Waals surface area (Å²) in [7, 11) is 0. The third-order valence-corrected chi connectivity index (χ3v) is 4.73. The Balaban J connectivity index is 1.58. The summed E-state index contributed by atoms with van der Waals surface area (Å²) < 4.78 is 0. The molecule has 0 aliphatic carbocycles. The number of hydrogen-bond donors (Lipinski definition) is 1. The number of hydrogen-bond acceptors (Lipinski definition) is 4. The number of aromatic nitrogens is 2. The van der Waals surface area contributed by atoms with Gasteiger partial charge < -0.3 is 5.32 Å². The second kappa shape index (κ2) is 7.55. The van der Waals surface area contributed by atoms with Gasteiger partial charge in [0.25, 0.3) is 0 Å². The Hall–Kier alpha value is -2.24. The summed E-state index contributed by atoms with van der Waals surface area (Å²) in [6, 6.07) is 9.28. The van der Waals surface area contributed by atoms with Crippen LogP contribution >= 0.6 is 22.9 Å². The number of pyridine rings is 1. The number of anilines is 1. The van der Waals surface area contributed by atoms with Crippen molar-refractivity contribution in [3.63, 3.8) is 0 Å². The van der Waals surface area contributed by atoms with E-state index in [1.165, 1.54) is 0 Å². The van der Waals surface area contributed by atoms with Crippen LogP contribution in [0.25, 0.3) is 10.6 Å². The van der Waals surface area contributed by atoms with Gasteiger partial charge >= 0.3 is 0 Å². The minimum atomic E-state index is -0.0288. The van der Waals surface area contributed by atoms with Crippen molar-refractivity contribution >= 4 is 34.5 Å². The lowest BCUT2D eigenvalue weighted by Crippen LogP contribution is -2.13. The maximum Gasteiger partial charge on any atom is 0.224 e. The van der Waals surface area contributed by atoms with Crippen molar-refractivity contribution in [2.24, 2.45) is 0 Å². The van der Waals surface area contributed by atoms with Crippen molar-refractivity contribution in [2.75, 3.05) is 5.32 Å². The molecule has 0 saturated heterocycles. The van der Waals surface area contributed by atoms with E-state index < -0.39 is 0 Å². The van der Waals surface area contributed by atoms with Crippen molar-refractivity contribution in [3.8, 4) is 10.6 Å². The molecule has 1 amide bonds. The molecule has 1 N–H and O–H groups in total. The van der Waals surface area contributed by atoms with Gasteiger partial charge in [-0.15, -0.1) is 11.3 Å². The molecule has 1 aromatic carbocycles. The zero-order chi connectivity index (χ0) is 16.9. The Labute approximate surface area is 149 Å². The Kier molecular flexibility index (Phi) is 5.23. The van der Waals surface area contributed by atoms with Crippen molar-refractivity contribution < 1.29 is 4.79 Å². The highest BCUT2D eigenvalue weighted by Gasteiger charge is 2.09. The molecular weight excluding hydrogens is 342 g/mol. The van der Waals surface area contributed by atoms with E-state index in [1.807, 2.05) is 36.6 Å². The third-order valence-electron chi connectivity index (χ3n) is 3.55. The number of amides is 1. The van der Waals surface area contributed by atoms with E-state index in [9.17, 15) is 4.79 Å². The first-order valence-electron chi connectivity index (χ1n) is 7.52. The van der Waals surface area contributed by atoms with E-state index in [2.05, 4.69) is 15.3 Å². The van der Waals surface area contributed by atoms with Crippen molar-refractivity contribution in [3.05, 3.63) is 64.4 Å². The summed E-state index contributed by atoms with van der Waals surface area (Å²) in [5.74, 6) is -0.0288. The first kappa shape index (κ1) is 16.6. The highest BCUT2D eigenvalue weighted by atomic mass is 35.5. The number of carbonyl (C=O) groups is 1. The van der Waals surface area contributed by atoms with Gasteiger partial charge in [-0.1, -0.05) is 11.6 Å². The van der Waals surface area contributed by atoms with Crippen molar-refractivity contribution in [1.29, 1.82) is 0 Å². The van der Waals surface area contributed by atoms with Crippen LogP contribution in [-0.4, -0.2) is 15.9 Å². The van der Waals surface area contributed by atoms with Crippen molar-refractivity contribution in [2.45, 2.75) is 19.8 Å². The van der Waals surface area contributed by atoms with Gasteiger partial charge in [0, 0.05) is 40.5 Å². The molecule has 2 heterocycles. The van der Waals surface area contributed by atoms with E-state index in [0.29, 0.717) is 17.9 Å². The van der Waals surface area contributed by atoms with E-state index in [-0.39, 0.29) is 5.91 Å². The zero-order valence-electron chi connectivity index (χ0n) is 13.1. The molecule has 0 saturated carbocycles. The third kappa shape index (κ3) is 4.19. The lowest BCUT2D eigenvalue weighted by atomic mass is 10.2. The van der Waals surface area contributed by atoms with Crippen LogP contribution < -0.4 is 5.32 Å². The first-order chi connectivity index (χ1) is 11.6. The van der Waals surface area contributed by atoms with E-state index >= 15 is 0 Å². The standard InChI is InChI=1S/C18H16ClN3OS/c1-12-10-14(19)2-4-16(12)22-17(23)5-3-15-11-24-18(21-15)13-6-8-20-9-7-13/h2,4,6-11H,3,5H2,1H3,(H,22,23). The Morgan fingerprint density at radius 2 is 2.04 bits per heavy atom. The molecule has 0 bridgehead atoms. The summed E-state index contributed by atoms with van der Waals surface area (Å²) in [6.45, 7) is 1.92. The van der Waals surface area contributed by atoms with Crippen LogP contribution in [0.4, 0.5) is 5.69 Å². The summed E-state index contributed by atoms with van der Waals surface area (Å²) >= 11 is 7.50. The number of nitrogens with zero attached hydrogens (tertiary/aromatic N) is 2. The maximum atomic E-state index is 12.1. The number of thiazole rings is 1. The van der Waals surface area contributed by atoms with Gasteiger partial charge in [0.15, 0.2) is 0 Å². The summed E-state index contributed by atoms with van der Waals surface area (Å²) in [4.78, 5) is 20.7. The molecular formula is C18H16ClN3OS. The molecule has 2 aromatic heterocycles. The molecule has 3 aromatic rings. The number of benzene rings is 1. The smallest absolute Gasteiger partial charge is 0.224 e. The van der Waals surface area contributed by atoms with Gasteiger partial charge in [-0.2, -0.15) is 0 Å². The number of aryl methyl sites for hydroxylation is 2. The van der Waals surface area contributed by atoms with Gasteiger partial charge in [-0.05, 0) is 49.2 Å². The maximum absolute atomic E-state index is 12.1. The molecule has 6 heteroatoms. The minimum absolute atomic E-state index is 0.0288. The SMILES string of the molecule is Cc1cc(Cl)ccc1NC(=O)CCc1csc(-c2ccncc2)n1. The molecule has 0 radical (unpaired) electrons. The molecule has 122 valence electrons. The molecule has 4 nitrogen and oxygen atoms in total. The Morgan fingerprint density at radius 1 is 1.25 bits per heavy atom. The molecule has 0 aliphatic heterocycles. The van der Waals surface area contributed by atoms with Gasteiger partial charge in [-0.25, -0.2) is 4.98 Å². The van der Waals surface area contributed by atoms with Gasteiger partial charge in [0.05, 0.1) is 5.69 Å². The van der Waals surface area contributed by atoms with Crippen molar-refractivity contribution in [1.82, 2.24) is 9.97 Å². The molecule has 0 spiro atoms. The fourth-order valence-electron chi connectivity index (χ4n) is 2.27. The number of rotatable bonds is 5. The normalized spacial score (nSPS) is 10.6. The zero-order valence-corrected chi connectivity index (χ0v) is 14.7. The summed E-state index contributed by atoms with van der Waals surface area (Å²) in [6.07, 6.45) is 4.50. The number of halogens is 1. The molecule has 24 heavy (non-hydrogen) atoms. The highest BCUT2D eigenvalue weighted by Crippen LogP contribution is 2.24. The fourth-order valence-corrected chi connectivity index (χ4v) is 3.36. The second-order valence-corrected chi connectivity index (χ2v) is 6.68. The lowest BCUT2D eigenvalue weighted by molar-refractivity contribution is -0.116. The molecule has 0 fully saturated rings. The van der Waals surface area contributed by atoms with Crippen LogP contribution in [0.1, 0.15) is 17.7 Å². The van der Waals surface area contributed by atoms with Crippen LogP contribution in [0.5, 0.6) is 0 Å². The van der Waals surface area contributed by atoms with E-state index in [0.717, 1.165) is 27.5 Å². The fraction of sp³-hybridized carbons (Fsp3) is 0.167. The Bertz CT molecular complexity index is 848. The quantitative estimate of drug-likeness (QED) is 0.717. The molecule has 0 unspecified atom stereocenters. The predicted molar refractivity (Wildman–Crippen MR) is 98.5 cm³/mol.